The summed E-state index contributed by atoms with van der Waals surface area (Å²) in [7, 11) is 0. The molecule has 1 aliphatic rings. The lowest BCUT2D eigenvalue weighted by Crippen LogP contribution is -2.20. The fraction of sp³-hybridized carbons (Fsp3) is 0.188. The minimum Gasteiger partial charge on any atom is -0.493 e. The molecule has 1 heterocycles. The minimum absolute atomic E-state index is 0.0587. The summed E-state index contributed by atoms with van der Waals surface area (Å²) in [6.45, 7) is 0.554. The van der Waals surface area contributed by atoms with Gasteiger partial charge in [-0.2, -0.15) is 5.26 Å². The number of ether oxygens (including phenoxy) is 1. The summed E-state index contributed by atoms with van der Waals surface area (Å²) in [5.41, 5.74) is 1.56. The van der Waals surface area contributed by atoms with E-state index in [9.17, 15) is 10.1 Å². The van der Waals surface area contributed by atoms with Crippen LogP contribution < -0.4 is 10.1 Å². The highest BCUT2D eigenvalue weighted by Crippen LogP contribution is 2.36. The Morgan fingerprint density at radius 2 is 2.14 bits per heavy atom. The second-order valence-electron chi connectivity index (χ2n) is 4.97. The summed E-state index contributed by atoms with van der Waals surface area (Å²) in [6.07, 6.45) is 0.716. The summed E-state index contributed by atoms with van der Waals surface area (Å²) in [5.74, 6) is 0.794. The Hall–Kier alpha value is -3.07. The van der Waals surface area contributed by atoms with Gasteiger partial charge in [-0.1, -0.05) is 18.2 Å². The summed E-state index contributed by atoms with van der Waals surface area (Å²) in [6, 6.07) is 13.9. The monoisotopic (exact) mass is 295 g/mol. The first kappa shape index (κ1) is 13.9. The number of nitriles is 1. The Balaban J connectivity index is 1.95. The number of hydrogen-bond acceptors (Lipinski definition) is 5. The van der Waals surface area contributed by atoms with Gasteiger partial charge in [-0.15, -0.1) is 0 Å². The highest BCUT2D eigenvalue weighted by molar-refractivity contribution is 5.65. The van der Waals surface area contributed by atoms with Crippen molar-refractivity contribution in [3.8, 4) is 11.8 Å². The molecule has 0 radical (unpaired) electrons. The number of para-hydroxylation sites is 1. The number of nitro benzene ring substituents is 1. The van der Waals surface area contributed by atoms with Crippen molar-refractivity contribution < 1.29 is 9.66 Å². The van der Waals surface area contributed by atoms with Crippen LogP contribution in [0.5, 0.6) is 5.75 Å². The zero-order valence-corrected chi connectivity index (χ0v) is 11.7. The van der Waals surface area contributed by atoms with Gasteiger partial charge in [0.15, 0.2) is 0 Å². The number of rotatable bonds is 3. The fourth-order valence-corrected chi connectivity index (χ4v) is 2.55. The number of nitrogens with one attached hydrogen (secondary N) is 1. The Bertz CT molecular complexity index is 767. The summed E-state index contributed by atoms with van der Waals surface area (Å²) in [4.78, 5) is 10.7. The molecule has 0 amide bonds. The van der Waals surface area contributed by atoms with Crippen LogP contribution in [-0.4, -0.2) is 11.5 Å². The number of hydrogen-bond donors (Lipinski definition) is 1. The Morgan fingerprint density at radius 3 is 2.91 bits per heavy atom. The molecule has 3 rings (SSSR count). The lowest BCUT2D eigenvalue weighted by Gasteiger charge is -2.27. The average molecular weight is 295 g/mol. The van der Waals surface area contributed by atoms with Crippen LogP contribution in [0.15, 0.2) is 42.5 Å². The lowest BCUT2D eigenvalue weighted by atomic mass is 10.00. The smallest absolute Gasteiger partial charge is 0.293 e. The number of anilines is 1. The van der Waals surface area contributed by atoms with Crippen molar-refractivity contribution >= 4 is 11.4 Å². The molecule has 0 fully saturated rings. The standard InChI is InChI=1S/C16H13N3O3/c17-10-11-5-6-14(15(9-11)19(20)21)18-13-7-8-22-16-4-2-1-3-12(13)16/h1-6,9,13,18H,7-8H2. The van der Waals surface area contributed by atoms with Crippen molar-refractivity contribution in [3.63, 3.8) is 0 Å². The molecule has 0 spiro atoms. The number of nitro groups is 1. The van der Waals surface area contributed by atoms with Crippen LogP contribution in [0.4, 0.5) is 11.4 Å². The van der Waals surface area contributed by atoms with Crippen LogP contribution in [0.2, 0.25) is 0 Å². The SMILES string of the molecule is N#Cc1ccc(NC2CCOc3ccccc32)c([N+](=O)[O-])c1. The normalized spacial score (nSPS) is 16.0. The molecule has 1 atom stereocenters. The molecule has 1 N–H and O–H groups in total. The minimum atomic E-state index is -0.478. The van der Waals surface area contributed by atoms with Crippen molar-refractivity contribution in [1.29, 1.82) is 5.26 Å². The zero-order chi connectivity index (χ0) is 15.5. The first-order chi connectivity index (χ1) is 10.7. The Labute approximate surface area is 127 Å². The lowest BCUT2D eigenvalue weighted by molar-refractivity contribution is -0.384. The molecule has 0 saturated carbocycles. The molecule has 110 valence electrons. The van der Waals surface area contributed by atoms with Gasteiger partial charge in [-0.05, 0) is 18.2 Å². The van der Waals surface area contributed by atoms with Crippen LogP contribution in [-0.2, 0) is 0 Å². The van der Waals surface area contributed by atoms with Gasteiger partial charge in [0.2, 0.25) is 0 Å². The Kier molecular flexibility index (Phi) is 3.62. The van der Waals surface area contributed by atoms with Gasteiger partial charge in [0.05, 0.1) is 29.2 Å². The molecule has 0 aliphatic carbocycles. The number of nitrogens with zero attached hydrogens (tertiary/aromatic N) is 2. The predicted molar refractivity (Wildman–Crippen MR) is 80.7 cm³/mol. The van der Waals surface area contributed by atoms with Crippen LogP contribution in [0.3, 0.4) is 0 Å². The molecule has 2 aromatic rings. The second kappa shape index (κ2) is 5.74. The molecular weight excluding hydrogens is 282 g/mol. The van der Waals surface area contributed by atoms with Gasteiger partial charge in [0, 0.05) is 18.1 Å². The van der Waals surface area contributed by atoms with Gasteiger partial charge >= 0.3 is 0 Å². The molecule has 0 bridgehead atoms. The molecule has 0 saturated heterocycles. The first-order valence-corrected chi connectivity index (χ1v) is 6.86. The van der Waals surface area contributed by atoms with E-state index in [4.69, 9.17) is 10.00 Å². The number of benzene rings is 2. The molecule has 1 unspecified atom stereocenters. The first-order valence-electron chi connectivity index (χ1n) is 6.86. The van der Waals surface area contributed by atoms with E-state index in [2.05, 4.69) is 5.32 Å². The second-order valence-corrected chi connectivity index (χ2v) is 4.97. The van der Waals surface area contributed by atoms with Gasteiger partial charge < -0.3 is 10.1 Å². The van der Waals surface area contributed by atoms with E-state index in [-0.39, 0.29) is 17.3 Å². The molecule has 0 aromatic heterocycles. The van der Waals surface area contributed by atoms with Crippen molar-refractivity contribution in [2.45, 2.75) is 12.5 Å². The third-order valence-electron chi connectivity index (χ3n) is 3.61. The third kappa shape index (κ3) is 2.56. The van der Waals surface area contributed by atoms with E-state index in [1.54, 1.807) is 12.1 Å². The van der Waals surface area contributed by atoms with E-state index in [1.165, 1.54) is 6.07 Å². The van der Waals surface area contributed by atoms with Gasteiger partial charge in [-0.25, -0.2) is 0 Å². The third-order valence-corrected chi connectivity index (χ3v) is 3.61. The van der Waals surface area contributed by atoms with Gasteiger partial charge in [-0.3, -0.25) is 10.1 Å². The number of fused-ring (bicyclic) bond motifs is 1. The van der Waals surface area contributed by atoms with Crippen LogP contribution >= 0.6 is 0 Å². The van der Waals surface area contributed by atoms with Crippen LogP contribution in [0.1, 0.15) is 23.6 Å². The molecule has 6 heteroatoms. The van der Waals surface area contributed by atoms with Crippen LogP contribution in [0.25, 0.3) is 0 Å². The van der Waals surface area contributed by atoms with Gasteiger partial charge in [0.25, 0.3) is 5.69 Å². The largest absolute Gasteiger partial charge is 0.493 e. The van der Waals surface area contributed by atoms with E-state index < -0.39 is 4.92 Å². The van der Waals surface area contributed by atoms with Crippen LogP contribution in [0, 0.1) is 21.4 Å². The van der Waals surface area contributed by atoms with E-state index in [1.807, 2.05) is 30.3 Å². The summed E-state index contributed by atoms with van der Waals surface area (Å²) in [5, 5.41) is 23.3. The quantitative estimate of drug-likeness (QED) is 0.692. The van der Waals surface area contributed by atoms with Crippen molar-refractivity contribution in [2.75, 3.05) is 11.9 Å². The summed E-state index contributed by atoms with van der Waals surface area (Å²) < 4.78 is 5.59. The maximum absolute atomic E-state index is 11.2. The van der Waals surface area contributed by atoms with E-state index in [0.717, 1.165) is 11.3 Å². The highest BCUT2D eigenvalue weighted by Gasteiger charge is 2.24. The molecular formula is C16H13N3O3. The van der Waals surface area contributed by atoms with E-state index in [0.29, 0.717) is 18.7 Å². The fourth-order valence-electron chi connectivity index (χ4n) is 2.55. The topological polar surface area (TPSA) is 88.2 Å². The Morgan fingerprint density at radius 1 is 1.32 bits per heavy atom. The van der Waals surface area contributed by atoms with Crippen molar-refractivity contribution in [3.05, 3.63) is 63.7 Å². The highest BCUT2D eigenvalue weighted by atomic mass is 16.6. The maximum atomic E-state index is 11.2. The van der Waals surface area contributed by atoms with Crippen molar-refractivity contribution in [2.24, 2.45) is 0 Å². The average Bonchev–Trinajstić information content (AvgIpc) is 2.55. The molecule has 2 aromatic carbocycles. The zero-order valence-electron chi connectivity index (χ0n) is 11.7. The molecule has 6 nitrogen and oxygen atoms in total. The predicted octanol–water partition coefficient (Wildman–Crippen LogP) is 3.40. The summed E-state index contributed by atoms with van der Waals surface area (Å²) >= 11 is 0. The van der Waals surface area contributed by atoms with Gasteiger partial charge in [0.1, 0.15) is 11.4 Å². The maximum Gasteiger partial charge on any atom is 0.293 e. The molecule has 1 aliphatic heterocycles. The van der Waals surface area contributed by atoms with Crippen molar-refractivity contribution in [1.82, 2.24) is 0 Å². The molecule has 22 heavy (non-hydrogen) atoms. The van der Waals surface area contributed by atoms with E-state index >= 15 is 0 Å².